The summed E-state index contributed by atoms with van der Waals surface area (Å²) in [6, 6.07) is 7.81. The summed E-state index contributed by atoms with van der Waals surface area (Å²) in [6.45, 7) is 0.229. The van der Waals surface area contributed by atoms with E-state index in [4.69, 9.17) is 14.2 Å². The van der Waals surface area contributed by atoms with Crippen molar-refractivity contribution in [3.8, 4) is 5.75 Å². The molecular weight excluding hydrogens is 244 g/mol. The number of carbonyl (C=O) groups excluding carboxylic acids is 1. The Bertz CT molecular complexity index is 430. The average molecular weight is 264 g/mol. The van der Waals surface area contributed by atoms with Crippen molar-refractivity contribution < 1.29 is 19.0 Å². The molecule has 4 nitrogen and oxygen atoms in total. The monoisotopic (exact) mass is 264 g/mol. The van der Waals surface area contributed by atoms with E-state index in [0.29, 0.717) is 18.6 Å². The van der Waals surface area contributed by atoms with Crippen LogP contribution in [0.25, 0.3) is 0 Å². The molecule has 1 aliphatic carbocycles. The Labute approximate surface area is 113 Å². The van der Waals surface area contributed by atoms with Crippen molar-refractivity contribution in [2.24, 2.45) is 5.92 Å². The van der Waals surface area contributed by atoms with Gasteiger partial charge < -0.3 is 14.2 Å². The van der Waals surface area contributed by atoms with Crippen molar-refractivity contribution >= 4 is 5.78 Å². The minimum Gasteiger partial charge on any atom is -0.497 e. The maximum atomic E-state index is 11.5. The highest BCUT2D eigenvalue weighted by molar-refractivity contribution is 5.80. The summed E-state index contributed by atoms with van der Waals surface area (Å²) in [4.78, 5) is 11.5. The largest absolute Gasteiger partial charge is 0.497 e. The van der Waals surface area contributed by atoms with Crippen molar-refractivity contribution in [3.05, 3.63) is 29.8 Å². The lowest BCUT2D eigenvalue weighted by molar-refractivity contribution is -0.119. The Morgan fingerprint density at radius 2 is 2.21 bits per heavy atom. The highest BCUT2D eigenvalue weighted by Crippen LogP contribution is 2.37. The van der Waals surface area contributed by atoms with Crippen LogP contribution >= 0.6 is 0 Å². The zero-order chi connectivity index (χ0) is 13.7. The molecule has 0 aromatic heterocycles. The summed E-state index contributed by atoms with van der Waals surface area (Å²) in [5.41, 5.74) is 1.04. The SMILES string of the molecule is COCOC(c1cccc(OC)c1)C1CCC(=O)C1. The van der Waals surface area contributed by atoms with Crippen LogP contribution in [0.5, 0.6) is 5.75 Å². The van der Waals surface area contributed by atoms with E-state index in [1.807, 2.05) is 24.3 Å². The second-order valence-electron chi connectivity index (χ2n) is 4.81. The number of methoxy groups -OCH3 is 2. The van der Waals surface area contributed by atoms with Crippen LogP contribution in [0.2, 0.25) is 0 Å². The summed E-state index contributed by atoms with van der Waals surface area (Å²) in [5.74, 6) is 1.35. The van der Waals surface area contributed by atoms with Gasteiger partial charge in [0.05, 0.1) is 13.2 Å². The molecular formula is C15H20O4. The van der Waals surface area contributed by atoms with Crippen LogP contribution in [0, 0.1) is 5.92 Å². The van der Waals surface area contributed by atoms with Gasteiger partial charge in [-0.05, 0) is 30.0 Å². The Morgan fingerprint density at radius 3 is 2.84 bits per heavy atom. The maximum absolute atomic E-state index is 11.5. The van der Waals surface area contributed by atoms with Gasteiger partial charge in [0.25, 0.3) is 0 Å². The van der Waals surface area contributed by atoms with E-state index in [9.17, 15) is 4.79 Å². The van der Waals surface area contributed by atoms with Gasteiger partial charge in [0.1, 0.15) is 18.3 Å². The standard InChI is InChI=1S/C15H20O4/c1-17-10-19-15(12-6-7-13(16)8-12)11-4-3-5-14(9-11)18-2/h3-5,9,12,15H,6-8,10H2,1-2H3. The fraction of sp³-hybridized carbons (Fsp3) is 0.533. The van der Waals surface area contributed by atoms with Crippen molar-refractivity contribution in [1.29, 1.82) is 0 Å². The van der Waals surface area contributed by atoms with Gasteiger partial charge in [0.15, 0.2) is 0 Å². The van der Waals surface area contributed by atoms with Crippen molar-refractivity contribution in [2.45, 2.75) is 25.4 Å². The lowest BCUT2D eigenvalue weighted by Gasteiger charge is -2.23. The molecule has 0 aliphatic heterocycles. The number of hydrogen-bond acceptors (Lipinski definition) is 4. The highest BCUT2D eigenvalue weighted by atomic mass is 16.7. The first-order chi connectivity index (χ1) is 9.24. The van der Waals surface area contributed by atoms with Crippen LogP contribution in [0.3, 0.4) is 0 Å². The van der Waals surface area contributed by atoms with Gasteiger partial charge in [-0.3, -0.25) is 4.79 Å². The van der Waals surface area contributed by atoms with Gasteiger partial charge in [0.2, 0.25) is 0 Å². The molecule has 2 rings (SSSR count). The van der Waals surface area contributed by atoms with E-state index in [0.717, 1.165) is 17.7 Å². The summed E-state index contributed by atoms with van der Waals surface area (Å²) < 4.78 is 16.0. The number of carbonyl (C=O) groups is 1. The van der Waals surface area contributed by atoms with E-state index in [1.165, 1.54) is 0 Å². The second-order valence-corrected chi connectivity index (χ2v) is 4.81. The molecule has 104 valence electrons. The first-order valence-electron chi connectivity index (χ1n) is 6.50. The number of ketones is 1. The van der Waals surface area contributed by atoms with Gasteiger partial charge in [-0.15, -0.1) is 0 Å². The first kappa shape index (κ1) is 14.0. The molecule has 0 amide bonds. The average Bonchev–Trinajstić information content (AvgIpc) is 2.86. The Morgan fingerprint density at radius 1 is 1.37 bits per heavy atom. The van der Waals surface area contributed by atoms with E-state index >= 15 is 0 Å². The molecule has 4 heteroatoms. The topological polar surface area (TPSA) is 44.8 Å². The van der Waals surface area contributed by atoms with Gasteiger partial charge >= 0.3 is 0 Å². The van der Waals surface area contributed by atoms with Crippen LogP contribution in [0.1, 0.15) is 30.9 Å². The molecule has 2 atom stereocenters. The molecule has 0 bridgehead atoms. The third-order valence-electron chi connectivity index (χ3n) is 3.50. The Kier molecular flexibility index (Phi) is 4.93. The summed E-state index contributed by atoms with van der Waals surface area (Å²) in [5, 5.41) is 0. The Balaban J connectivity index is 2.17. The molecule has 0 spiro atoms. The lowest BCUT2D eigenvalue weighted by Crippen LogP contribution is -2.16. The molecule has 19 heavy (non-hydrogen) atoms. The predicted molar refractivity (Wildman–Crippen MR) is 71.0 cm³/mol. The third kappa shape index (κ3) is 3.55. The van der Waals surface area contributed by atoms with Gasteiger partial charge in [-0.2, -0.15) is 0 Å². The molecule has 1 fully saturated rings. The zero-order valence-corrected chi connectivity index (χ0v) is 11.4. The summed E-state index contributed by atoms with van der Waals surface area (Å²) in [7, 11) is 3.24. The molecule has 0 saturated heterocycles. The number of Topliss-reactive ketones (excluding diaryl/α,β-unsaturated/α-hetero) is 1. The van der Waals surface area contributed by atoms with Crippen LogP contribution in [-0.2, 0) is 14.3 Å². The molecule has 1 aromatic rings. The fourth-order valence-corrected chi connectivity index (χ4v) is 2.57. The van der Waals surface area contributed by atoms with Gasteiger partial charge in [-0.25, -0.2) is 0 Å². The normalized spacial score (nSPS) is 20.5. The summed E-state index contributed by atoms with van der Waals surface area (Å²) >= 11 is 0. The predicted octanol–water partition coefficient (Wildman–Crippen LogP) is 2.73. The number of rotatable bonds is 6. The molecule has 2 unspecified atom stereocenters. The van der Waals surface area contributed by atoms with E-state index in [-0.39, 0.29) is 18.8 Å². The van der Waals surface area contributed by atoms with Crippen molar-refractivity contribution in [2.75, 3.05) is 21.0 Å². The Hall–Kier alpha value is -1.39. The van der Waals surface area contributed by atoms with Gasteiger partial charge in [0, 0.05) is 20.0 Å². The van der Waals surface area contributed by atoms with Crippen molar-refractivity contribution in [1.82, 2.24) is 0 Å². The fourth-order valence-electron chi connectivity index (χ4n) is 2.57. The minimum absolute atomic E-state index is 0.110. The molecule has 1 aliphatic rings. The second kappa shape index (κ2) is 6.68. The molecule has 0 radical (unpaired) electrons. The third-order valence-corrected chi connectivity index (χ3v) is 3.50. The van der Waals surface area contributed by atoms with Crippen LogP contribution in [0.4, 0.5) is 0 Å². The lowest BCUT2D eigenvalue weighted by atomic mass is 9.94. The summed E-state index contributed by atoms with van der Waals surface area (Å²) in [6.07, 6.45) is 2.01. The number of hydrogen-bond donors (Lipinski definition) is 0. The van der Waals surface area contributed by atoms with Crippen molar-refractivity contribution in [3.63, 3.8) is 0 Å². The molecule has 1 saturated carbocycles. The zero-order valence-electron chi connectivity index (χ0n) is 11.4. The molecule has 0 heterocycles. The van der Waals surface area contributed by atoms with Crippen LogP contribution in [0.15, 0.2) is 24.3 Å². The maximum Gasteiger partial charge on any atom is 0.147 e. The quantitative estimate of drug-likeness (QED) is 0.741. The van der Waals surface area contributed by atoms with E-state index in [2.05, 4.69) is 0 Å². The smallest absolute Gasteiger partial charge is 0.147 e. The minimum atomic E-state index is -0.110. The van der Waals surface area contributed by atoms with E-state index < -0.39 is 0 Å². The molecule has 0 N–H and O–H groups in total. The number of ether oxygens (including phenoxy) is 3. The number of benzene rings is 1. The highest BCUT2D eigenvalue weighted by Gasteiger charge is 2.31. The molecule has 1 aromatic carbocycles. The first-order valence-corrected chi connectivity index (χ1v) is 6.50. The van der Waals surface area contributed by atoms with Crippen LogP contribution in [-0.4, -0.2) is 26.8 Å². The van der Waals surface area contributed by atoms with Crippen LogP contribution < -0.4 is 4.74 Å². The van der Waals surface area contributed by atoms with Gasteiger partial charge in [-0.1, -0.05) is 12.1 Å². The van der Waals surface area contributed by atoms with E-state index in [1.54, 1.807) is 14.2 Å².